The maximum atomic E-state index is 13.1. The van der Waals surface area contributed by atoms with E-state index in [2.05, 4.69) is 18.2 Å². The van der Waals surface area contributed by atoms with E-state index in [1.165, 1.54) is 0 Å². The van der Waals surface area contributed by atoms with E-state index >= 15 is 0 Å². The van der Waals surface area contributed by atoms with E-state index in [0.717, 1.165) is 38.6 Å². The van der Waals surface area contributed by atoms with E-state index in [-0.39, 0.29) is 23.4 Å². The Balaban J connectivity index is 1.79. The van der Waals surface area contributed by atoms with Gasteiger partial charge in [0.15, 0.2) is 11.6 Å². The number of ketones is 2. The number of benzene rings is 3. The van der Waals surface area contributed by atoms with Crippen LogP contribution in [-0.4, -0.2) is 11.6 Å². The zero-order chi connectivity index (χ0) is 17.4. The van der Waals surface area contributed by atoms with Crippen LogP contribution >= 0.6 is 0 Å². The number of allylic oxidation sites excluding steroid dienone is 4. The van der Waals surface area contributed by atoms with Gasteiger partial charge in [-0.2, -0.15) is 0 Å². The summed E-state index contributed by atoms with van der Waals surface area (Å²) < 4.78 is 0. The van der Waals surface area contributed by atoms with E-state index in [1.54, 1.807) is 0 Å². The molecule has 0 heterocycles. The van der Waals surface area contributed by atoms with E-state index in [1.807, 2.05) is 54.6 Å². The first-order valence-electron chi connectivity index (χ1n) is 8.88. The predicted molar refractivity (Wildman–Crippen MR) is 102 cm³/mol. The molecule has 0 saturated heterocycles. The van der Waals surface area contributed by atoms with Gasteiger partial charge in [-0.3, -0.25) is 9.59 Å². The van der Waals surface area contributed by atoms with E-state index < -0.39 is 0 Å². The van der Waals surface area contributed by atoms with Crippen molar-refractivity contribution in [3.05, 3.63) is 95.1 Å². The van der Waals surface area contributed by atoms with Crippen LogP contribution in [0.4, 0.5) is 0 Å². The monoisotopic (exact) mass is 334 g/mol. The maximum Gasteiger partial charge on any atom is 0.194 e. The number of hydrogen-bond acceptors (Lipinski definition) is 2. The van der Waals surface area contributed by atoms with Crippen molar-refractivity contribution in [3.8, 4) is 11.1 Å². The minimum Gasteiger partial charge on any atom is -0.293 e. The highest BCUT2D eigenvalue weighted by molar-refractivity contribution is 6.29. The number of hydrogen-bond donors (Lipinski definition) is 0. The van der Waals surface area contributed by atoms with Crippen LogP contribution in [0.15, 0.2) is 72.8 Å². The molecule has 3 aromatic carbocycles. The molecule has 2 nitrogen and oxygen atoms in total. The third kappa shape index (κ3) is 1.53. The van der Waals surface area contributed by atoms with Crippen LogP contribution in [0.5, 0.6) is 0 Å². The van der Waals surface area contributed by atoms with Crippen molar-refractivity contribution < 1.29 is 9.59 Å². The minimum absolute atomic E-state index is 0.0467. The van der Waals surface area contributed by atoms with Crippen molar-refractivity contribution in [1.82, 2.24) is 0 Å². The van der Waals surface area contributed by atoms with Crippen LogP contribution < -0.4 is 0 Å². The quantitative estimate of drug-likeness (QED) is 0.450. The van der Waals surface area contributed by atoms with Crippen molar-refractivity contribution in [2.75, 3.05) is 0 Å². The summed E-state index contributed by atoms with van der Waals surface area (Å²) in [5, 5.41) is 1.91. The lowest BCUT2D eigenvalue weighted by molar-refractivity contribution is 0.0933. The van der Waals surface area contributed by atoms with E-state index in [4.69, 9.17) is 0 Å². The van der Waals surface area contributed by atoms with Crippen molar-refractivity contribution in [2.45, 2.75) is 5.92 Å². The van der Waals surface area contributed by atoms with Crippen LogP contribution in [-0.2, 0) is 0 Å². The van der Waals surface area contributed by atoms with Crippen molar-refractivity contribution >= 4 is 22.3 Å². The molecule has 0 aliphatic heterocycles. The Morgan fingerprint density at radius 3 is 2.12 bits per heavy atom. The summed E-state index contributed by atoms with van der Waals surface area (Å²) in [6.07, 6.45) is 8.06. The summed E-state index contributed by atoms with van der Waals surface area (Å²) in [6, 6.07) is 15.7. The van der Waals surface area contributed by atoms with Crippen molar-refractivity contribution in [1.29, 1.82) is 0 Å². The van der Waals surface area contributed by atoms with Crippen LogP contribution in [0.1, 0.15) is 37.8 Å². The predicted octanol–water partition coefficient (Wildman–Crippen LogP) is 5.07. The van der Waals surface area contributed by atoms with Gasteiger partial charge in [0.25, 0.3) is 0 Å². The highest BCUT2D eigenvalue weighted by Gasteiger charge is 2.37. The number of carbonyl (C=O) groups excluding carboxylic acids is 2. The molecule has 2 heteroatoms. The van der Waals surface area contributed by atoms with Crippen LogP contribution in [0.2, 0.25) is 0 Å². The molecule has 3 aliphatic rings. The fraction of sp³-hybridized carbons (Fsp3) is 0.0833. The topological polar surface area (TPSA) is 34.1 Å². The lowest BCUT2D eigenvalue weighted by Gasteiger charge is -2.32. The molecule has 122 valence electrons. The summed E-state index contributed by atoms with van der Waals surface area (Å²) in [5.41, 5.74) is 5.36. The first kappa shape index (κ1) is 14.0. The van der Waals surface area contributed by atoms with Gasteiger partial charge < -0.3 is 0 Å². The Hall–Kier alpha value is -3.26. The van der Waals surface area contributed by atoms with Gasteiger partial charge in [0.2, 0.25) is 0 Å². The molecule has 0 N–H and O–H groups in total. The second-order valence-corrected chi connectivity index (χ2v) is 7.17. The molecule has 0 spiro atoms. The van der Waals surface area contributed by atoms with Crippen LogP contribution in [0.25, 0.3) is 21.9 Å². The molecule has 3 aromatic rings. The first-order valence-corrected chi connectivity index (χ1v) is 8.88. The molecule has 3 aliphatic carbocycles. The second kappa shape index (κ2) is 4.67. The summed E-state index contributed by atoms with van der Waals surface area (Å²) in [4.78, 5) is 26.2. The van der Waals surface area contributed by atoms with Crippen molar-refractivity contribution in [3.63, 3.8) is 0 Å². The fourth-order valence-electron chi connectivity index (χ4n) is 4.81. The standard InChI is InChI=1S/C24H14O2/c25-23-17-7-3-1-5-13(17)15-9-10-16-14-6-2-4-8-18(14)24(26)20-12-11-19(23)21(15)22(16)20/h1-13,17H. The van der Waals surface area contributed by atoms with E-state index in [0.29, 0.717) is 5.56 Å². The average Bonchev–Trinajstić information content (AvgIpc) is 2.70. The normalized spacial score (nSPS) is 21.7. The number of rotatable bonds is 0. The average molecular weight is 334 g/mol. The molecule has 0 bridgehead atoms. The first-order chi connectivity index (χ1) is 12.8. The molecule has 0 saturated carbocycles. The van der Waals surface area contributed by atoms with Crippen LogP contribution in [0, 0.1) is 5.92 Å². The largest absolute Gasteiger partial charge is 0.293 e. The SMILES string of the molecule is O=C1c2ccccc2-c2ccc3c4c(ccc1c24)C(=O)C1C=CC=CC31. The molecule has 0 aromatic heterocycles. The third-order valence-electron chi connectivity index (χ3n) is 5.96. The second-order valence-electron chi connectivity index (χ2n) is 7.17. The summed E-state index contributed by atoms with van der Waals surface area (Å²) in [5.74, 6) is 0.110. The minimum atomic E-state index is -0.140. The van der Waals surface area contributed by atoms with Gasteiger partial charge >= 0.3 is 0 Å². The van der Waals surface area contributed by atoms with Gasteiger partial charge in [-0.1, -0.05) is 60.7 Å². The highest BCUT2D eigenvalue weighted by Crippen LogP contribution is 2.48. The van der Waals surface area contributed by atoms with Gasteiger partial charge in [-0.05, 0) is 34.2 Å². The zero-order valence-electron chi connectivity index (χ0n) is 13.9. The van der Waals surface area contributed by atoms with Gasteiger partial charge in [0.1, 0.15) is 0 Å². The fourth-order valence-corrected chi connectivity index (χ4v) is 4.81. The Morgan fingerprint density at radius 2 is 1.27 bits per heavy atom. The number of Topliss-reactive ketones (excluding diaryl/α,β-unsaturated/α-hetero) is 1. The van der Waals surface area contributed by atoms with Gasteiger partial charge in [-0.25, -0.2) is 0 Å². The van der Waals surface area contributed by atoms with Crippen molar-refractivity contribution in [2.24, 2.45) is 5.92 Å². The molecule has 0 fully saturated rings. The lowest BCUT2D eigenvalue weighted by atomic mass is 9.69. The highest BCUT2D eigenvalue weighted by atomic mass is 16.1. The Labute approximate surface area is 150 Å². The molecule has 26 heavy (non-hydrogen) atoms. The summed E-state index contributed by atoms with van der Waals surface area (Å²) in [7, 11) is 0. The number of fused-ring (bicyclic) bond motifs is 4. The molecule has 6 rings (SSSR count). The van der Waals surface area contributed by atoms with Gasteiger partial charge in [0, 0.05) is 28.0 Å². The third-order valence-corrected chi connectivity index (χ3v) is 5.96. The Kier molecular flexibility index (Phi) is 2.51. The Morgan fingerprint density at radius 1 is 0.577 bits per heavy atom. The summed E-state index contributed by atoms with van der Waals surface area (Å²) >= 11 is 0. The van der Waals surface area contributed by atoms with Gasteiger partial charge in [0.05, 0.1) is 5.92 Å². The molecule has 0 radical (unpaired) electrons. The maximum absolute atomic E-state index is 13.1. The van der Waals surface area contributed by atoms with E-state index in [9.17, 15) is 9.59 Å². The molecule has 0 amide bonds. The molecular weight excluding hydrogens is 320 g/mol. The lowest BCUT2D eigenvalue weighted by Crippen LogP contribution is -2.27. The zero-order valence-corrected chi connectivity index (χ0v) is 13.9. The molecule has 2 unspecified atom stereocenters. The molecular formula is C24H14O2. The Bertz CT molecular complexity index is 1230. The van der Waals surface area contributed by atoms with Crippen LogP contribution in [0.3, 0.4) is 0 Å². The van der Waals surface area contributed by atoms with Gasteiger partial charge in [-0.15, -0.1) is 0 Å². The molecule has 2 atom stereocenters. The number of carbonyl (C=O) groups is 2. The summed E-state index contributed by atoms with van der Waals surface area (Å²) in [6.45, 7) is 0. The smallest absolute Gasteiger partial charge is 0.194 e.